The monoisotopic (exact) mass is 325 g/mol. The van der Waals surface area contributed by atoms with Gasteiger partial charge < -0.3 is 10.4 Å². The Kier molecular flexibility index (Phi) is 7.39. The van der Waals surface area contributed by atoms with Gasteiger partial charge in [-0.1, -0.05) is 42.6 Å². The average molecular weight is 326 g/mol. The minimum atomic E-state index is -0.755. The van der Waals surface area contributed by atoms with Crippen LogP contribution < -0.4 is 5.32 Å². The van der Waals surface area contributed by atoms with Gasteiger partial charge >= 0.3 is 5.97 Å². The number of hydrogen-bond acceptors (Lipinski definition) is 2. The summed E-state index contributed by atoms with van der Waals surface area (Å²) in [5.74, 6) is -0.805. The second-order valence-corrected chi connectivity index (χ2v) is 6.33. The maximum atomic E-state index is 12.3. The van der Waals surface area contributed by atoms with Gasteiger partial charge in [0.2, 0.25) is 5.91 Å². The molecule has 2 N–H and O–H groups in total. The first-order chi connectivity index (χ1) is 10.4. The molecule has 0 aliphatic carbocycles. The minimum Gasteiger partial charge on any atom is -0.481 e. The van der Waals surface area contributed by atoms with Gasteiger partial charge in [0.05, 0.1) is 5.41 Å². The highest BCUT2D eigenvalue weighted by Crippen LogP contribution is 2.29. The highest BCUT2D eigenvalue weighted by Gasteiger charge is 2.31. The van der Waals surface area contributed by atoms with Gasteiger partial charge in [-0.2, -0.15) is 0 Å². The molecule has 5 heteroatoms. The molecule has 1 amide bonds. The van der Waals surface area contributed by atoms with Gasteiger partial charge in [0.25, 0.3) is 0 Å². The van der Waals surface area contributed by atoms with E-state index < -0.39 is 11.4 Å². The lowest BCUT2D eigenvalue weighted by atomic mass is 9.83. The number of unbranched alkanes of at least 4 members (excludes halogenated alkanes) is 3. The second-order valence-electron chi connectivity index (χ2n) is 5.92. The second kappa shape index (κ2) is 8.79. The zero-order chi connectivity index (χ0) is 16.6. The van der Waals surface area contributed by atoms with Crippen LogP contribution in [0.15, 0.2) is 24.3 Å². The Morgan fingerprint density at radius 1 is 1.14 bits per heavy atom. The van der Waals surface area contributed by atoms with Crippen molar-refractivity contribution >= 4 is 23.5 Å². The number of halogens is 1. The summed E-state index contributed by atoms with van der Waals surface area (Å²) in [5.41, 5.74) is 0.136. The Labute approximate surface area is 136 Å². The molecule has 0 aliphatic rings. The van der Waals surface area contributed by atoms with Crippen molar-refractivity contribution in [1.82, 2.24) is 5.32 Å². The van der Waals surface area contributed by atoms with Gasteiger partial charge in [-0.15, -0.1) is 0 Å². The summed E-state index contributed by atoms with van der Waals surface area (Å²) in [7, 11) is 0. The standard InChI is InChI=1S/C17H24ClNO3/c1-17(2,13-9-6-7-10-14(13)18)16(22)19-12-8-4-3-5-11-15(20)21/h6-7,9-10H,3-5,8,11-12H2,1-2H3,(H,19,22)(H,20,21). The molecule has 0 radical (unpaired) electrons. The fourth-order valence-electron chi connectivity index (χ4n) is 2.27. The predicted octanol–water partition coefficient (Wildman–Crippen LogP) is 3.77. The van der Waals surface area contributed by atoms with E-state index >= 15 is 0 Å². The zero-order valence-electron chi connectivity index (χ0n) is 13.2. The molecular formula is C17H24ClNO3. The van der Waals surface area contributed by atoms with Crippen molar-refractivity contribution in [2.45, 2.75) is 51.4 Å². The first-order valence-electron chi connectivity index (χ1n) is 7.61. The molecule has 1 aromatic carbocycles. The first kappa shape index (κ1) is 18.5. The molecule has 0 spiro atoms. The van der Waals surface area contributed by atoms with Gasteiger partial charge in [-0.05, 0) is 38.3 Å². The molecule has 1 aromatic rings. The van der Waals surface area contributed by atoms with Crippen molar-refractivity contribution in [3.05, 3.63) is 34.9 Å². The topological polar surface area (TPSA) is 66.4 Å². The third-order valence-corrected chi connectivity index (χ3v) is 4.05. The van der Waals surface area contributed by atoms with Crippen molar-refractivity contribution in [2.75, 3.05) is 6.54 Å². The molecule has 122 valence electrons. The maximum absolute atomic E-state index is 12.3. The molecule has 4 nitrogen and oxygen atoms in total. The van der Waals surface area contributed by atoms with Crippen molar-refractivity contribution in [3.8, 4) is 0 Å². The summed E-state index contributed by atoms with van der Waals surface area (Å²) in [6, 6.07) is 7.37. The molecule has 0 aromatic heterocycles. The van der Waals surface area contributed by atoms with E-state index in [0.29, 0.717) is 18.0 Å². The van der Waals surface area contributed by atoms with E-state index in [0.717, 1.165) is 24.8 Å². The van der Waals surface area contributed by atoms with Crippen LogP contribution in [-0.4, -0.2) is 23.5 Å². The number of aliphatic carboxylic acids is 1. The van der Waals surface area contributed by atoms with E-state index in [2.05, 4.69) is 5.32 Å². The quantitative estimate of drug-likeness (QED) is 0.679. The number of carboxylic acid groups (broad SMARTS) is 1. The van der Waals surface area contributed by atoms with E-state index in [1.54, 1.807) is 6.07 Å². The van der Waals surface area contributed by atoms with E-state index in [1.807, 2.05) is 32.0 Å². The third-order valence-electron chi connectivity index (χ3n) is 3.72. The lowest BCUT2D eigenvalue weighted by Crippen LogP contribution is -2.40. The molecule has 0 heterocycles. The summed E-state index contributed by atoms with van der Waals surface area (Å²) in [6.45, 7) is 4.31. The van der Waals surface area contributed by atoms with Crippen LogP contribution in [-0.2, 0) is 15.0 Å². The fraction of sp³-hybridized carbons (Fsp3) is 0.529. The van der Waals surface area contributed by atoms with E-state index in [9.17, 15) is 9.59 Å². The minimum absolute atomic E-state index is 0.0499. The lowest BCUT2D eigenvalue weighted by Gasteiger charge is -2.25. The van der Waals surface area contributed by atoms with Gasteiger partial charge in [0.15, 0.2) is 0 Å². The number of benzene rings is 1. The van der Waals surface area contributed by atoms with Crippen LogP contribution in [0.3, 0.4) is 0 Å². The van der Waals surface area contributed by atoms with E-state index in [-0.39, 0.29) is 12.3 Å². The number of hydrogen-bond donors (Lipinski definition) is 2. The van der Waals surface area contributed by atoms with Crippen LogP contribution in [0.25, 0.3) is 0 Å². The number of amides is 1. The zero-order valence-corrected chi connectivity index (χ0v) is 13.9. The highest BCUT2D eigenvalue weighted by atomic mass is 35.5. The van der Waals surface area contributed by atoms with Gasteiger partial charge in [-0.3, -0.25) is 9.59 Å². The van der Waals surface area contributed by atoms with Crippen LogP contribution in [0.2, 0.25) is 5.02 Å². The largest absolute Gasteiger partial charge is 0.481 e. The van der Waals surface area contributed by atoms with E-state index in [4.69, 9.17) is 16.7 Å². The van der Waals surface area contributed by atoms with Gasteiger partial charge in [0.1, 0.15) is 0 Å². The van der Waals surface area contributed by atoms with Crippen LogP contribution in [0.1, 0.15) is 51.5 Å². The maximum Gasteiger partial charge on any atom is 0.303 e. The number of carboxylic acids is 1. The molecule has 1 rings (SSSR count). The molecule has 0 bridgehead atoms. The fourth-order valence-corrected chi connectivity index (χ4v) is 2.64. The molecular weight excluding hydrogens is 302 g/mol. The molecule has 0 saturated carbocycles. The first-order valence-corrected chi connectivity index (χ1v) is 7.98. The number of rotatable bonds is 9. The average Bonchev–Trinajstić information content (AvgIpc) is 2.45. The highest BCUT2D eigenvalue weighted by molar-refractivity contribution is 6.31. The summed E-state index contributed by atoms with van der Waals surface area (Å²) in [4.78, 5) is 22.7. The van der Waals surface area contributed by atoms with Crippen LogP contribution in [0.5, 0.6) is 0 Å². The molecule has 0 atom stereocenters. The Morgan fingerprint density at radius 2 is 1.77 bits per heavy atom. The lowest BCUT2D eigenvalue weighted by molar-refractivity contribution is -0.137. The predicted molar refractivity (Wildman–Crippen MR) is 88.2 cm³/mol. The number of nitrogens with one attached hydrogen (secondary N) is 1. The molecule has 22 heavy (non-hydrogen) atoms. The van der Waals surface area contributed by atoms with Crippen LogP contribution in [0, 0.1) is 0 Å². The summed E-state index contributed by atoms with van der Waals surface area (Å²) in [6.07, 6.45) is 3.54. The van der Waals surface area contributed by atoms with Crippen molar-refractivity contribution in [2.24, 2.45) is 0 Å². The summed E-state index contributed by atoms with van der Waals surface area (Å²) >= 11 is 6.17. The van der Waals surface area contributed by atoms with Gasteiger partial charge in [0, 0.05) is 18.0 Å². The summed E-state index contributed by atoms with van der Waals surface area (Å²) < 4.78 is 0. The Bertz CT molecular complexity index is 514. The Balaban J connectivity index is 2.36. The van der Waals surface area contributed by atoms with Crippen molar-refractivity contribution < 1.29 is 14.7 Å². The normalized spacial score (nSPS) is 11.2. The molecule has 0 unspecified atom stereocenters. The molecule has 0 aliphatic heterocycles. The number of carbonyl (C=O) groups is 2. The molecule has 0 saturated heterocycles. The molecule has 0 fully saturated rings. The van der Waals surface area contributed by atoms with Gasteiger partial charge in [-0.25, -0.2) is 0 Å². The van der Waals surface area contributed by atoms with Crippen LogP contribution >= 0.6 is 11.6 Å². The SMILES string of the molecule is CC(C)(C(=O)NCCCCCCC(=O)O)c1ccccc1Cl. The third kappa shape index (κ3) is 5.68. The Hall–Kier alpha value is -1.55. The van der Waals surface area contributed by atoms with Crippen molar-refractivity contribution in [1.29, 1.82) is 0 Å². The smallest absolute Gasteiger partial charge is 0.303 e. The van der Waals surface area contributed by atoms with E-state index in [1.165, 1.54) is 0 Å². The Morgan fingerprint density at radius 3 is 2.41 bits per heavy atom. The summed E-state index contributed by atoms with van der Waals surface area (Å²) in [5, 5.41) is 12.1. The number of carbonyl (C=O) groups excluding carboxylic acids is 1. The van der Waals surface area contributed by atoms with Crippen molar-refractivity contribution in [3.63, 3.8) is 0 Å². The van der Waals surface area contributed by atoms with Crippen LogP contribution in [0.4, 0.5) is 0 Å².